The first-order valence-electron chi connectivity index (χ1n) is 8.37. The largest absolute Gasteiger partial charge is 0.490 e. The predicted molar refractivity (Wildman–Crippen MR) is 105 cm³/mol. The molecule has 9 nitrogen and oxygen atoms in total. The summed E-state index contributed by atoms with van der Waals surface area (Å²) in [6.45, 7) is 0.224. The molecule has 1 N–H and O–H groups in total. The first-order valence-corrected chi connectivity index (χ1v) is 9.85. The quantitative estimate of drug-likeness (QED) is 0.442. The van der Waals surface area contributed by atoms with Crippen molar-refractivity contribution in [2.45, 2.75) is 11.5 Å². The maximum absolute atomic E-state index is 12.6. The second kappa shape index (κ2) is 8.57. The Morgan fingerprint density at radius 2 is 1.93 bits per heavy atom. The molecular formula is C19H17N3O6S. The van der Waals surface area contributed by atoms with Gasteiger partial charge in [-0.2, -0.15) is 0 Å². The van der Waals surface area contributed by atoms with E-state index in [1.807, 2.05) is 12.1 Å². The van der Waals surface area contributed by atoms with Gasteiger partial charge in [-0.25, -0.2) is 8.42 Å². The van der Waals surface area contributed by atoms with Crippen molar-refractivity contribution in [1.82, 2.24) is 4.98 Å². The van der Waals surface area contributed by atoms with Gasteiger partial charge >= 0.3 is 5.69 Å². The molecule has 29 heavy (non-hydrogen) atoms. The fourth-order valence-electron chi connectivity index (χ4n) is 2.48. The lowest BCUT2D eigenvalue weighted by Crippen LogP contribution is -2.13. The van der Waals surface area contributed by atoms with E-state index in [9.17, 15) is 18.5 Å². The minimum Gasteiger partial charge on any atom is -0.490 e. The van der Waals surface area contributed by atoms with Gasteiger partial charge in [0, 0.05) is 18.3 Å². The first kappa shape index (κ1) is 20.1. The average molecular weight is 415 g/mol. The van der Waals surface area contributed by atoms with E-state index in [1.165, 1.54) is 25.3 Å². The van der Waals surface area contributed by atoms with E-state index in [1.54, 1.807) is 30.5 Å². The molecule has 0 radical (unpaired) electrons. The van der Waals surface area contributed by atoms with Crippen LogP contribution in [0.4, 0.5) is 11.4 Å². The summed E-state index contributed by atoms with van der Waals surface area (Å²) in [7, 11) is -2.79. The van der Waals surface area contributed by atoms with Gasteiger partial charge in [0.25, 0.3) is 10.0 Å². The maximum atomic E-state index is 12.6. The van der Waals surface area contributed by atoms with Gasteiger partial charge in [-0.05, 0) is 36.4 Å². The summed E-state index contributed by atoms with van der Waals surface area (Å²) in [4.78, 5) is 14.3. The molecule has 0 aliphatic carbocycles. The summed E-state index contributed by atoms with van der Waals surface area (Å²) in [6, 6.07) is 15.2. The van der Waals surface area contributed by atoms with Crippen molar-refractivity contribution in [1.29, 1.82) is 0 Å². The van der Waals surface area contributed by atoms with Crippen LogP contribution in [0.5, 0.6) is 11.5 Å². The van der Waals surface area contributed by atoms with Crippen LogP contribution >= 0.6 is 0 Å². The number of hydrogen-bond donors (Lipinski definition) is 1. The number of sulfonamides is 1. The van der Waals surface area contributed by atoms with E-state index in [4.69, 9.17) is 9.47 Å². The van der Waals surface area contributed by atoms with Crippen LogP contribution < -0.4 is 14.2 Å². The van der Waals surface area contributed by atoms with Crippen LogP contribution in [-0.2, 0) is 16.6 Å². The standard InChI is InChI=1S/C19H17N3O6S/c1-27-19-9-8-17(12-18(19)22(23)24)29(25,26)21-14-6-4-7-16(11-14)28-13-15-5-2-3-10-20-15/h2-12,21H,13H2,1H3. The van der Waals surface area contributed by atoms with Crippen molar-refractivity contribution in [3.8, 4) is 11.5 Å². The van der Waals surface area contributed by atoms with E-state index in [0.29, 0.717) is 5.75 Å². The molecule has 1 heterocycles. The molecule has 150 valence electrons. The molecule has 2 aromatic carbocycles. The van der Waals surface area contributed by atoms with Crippen molar-refractivity contribution in [3.05, 3.63) is 82.7 Å². The fourth-order valence-corrected chi connectivity index (χ4v) is 3.55. The maximum Gasteiger partial charge on any atom is 0.312 e. The van der Waals surface area contributed by atoms with Crippen molar-refractivity contribution in [2.75, 3.05) is 11.8 Å². The molecule has 0 fully saturated rings. The second-order valence-corrected chi connectivity index (χ2v) is 7.52. The Labute approximate surface area is 167 Å². The molecule has 0 spiro atoms. The number of benzene rings is 2. The van der Waals surface area contributed by atoms with Crippen LogP contribution in [0.3, 0.4) is 0 Å². The number of rotatable bonds is 8. The molecule has 0 unspecified atom stereocenters. The zero-order valence-corrected chi connectivity index (χ0v) is 16.1. The highest BCUT2D eigenvalue weighted by Crippen LogP contribution is 2.30. The predicted octanol–water partition coefficient (Wildman–Crippen LogP) is 3.38. The van der Waals surface area contributed by atoms with Crippen LogP contribution in [0.2, 0.25) is 0 Å². The molecule has 0 saturated heterocycles. The molecule has 0 aliphatic rings. The Kier molecular flexibility index (Phi) is 5.93. The van der Waals surface area contributed by atoms with Gasteiger partial charge in [0.05, 0.1) is 28.3 Å². The normalized spacial score (nSPS) is 10.9. The Morgan fingerprint density at radius 3 is 2.62 bits per heavy atom. The summed E-state index contributed by atoms with van der Waals surface area (Å²) < 4.78 is 38.2. The van der Waals surface area contributed by atoms with Crippen LogP contribution in [0.1, 0.15) is 5.69 Å². The fraction of sp³-hybridized carbons (Fsp3) is 0.105. The monoisotopic (exact) mass is 415 g/mol. The van der Waals surface area contributed by atoms with Gasteiger partial charge in [-0.3, -0.25) is 19.8 Å². The minimum absolute atomic E-state index is 0.0288. The van der Waals surface area contributed by atoms with Crippen LogP contribution in [0, 0.1) is 10.1 Å². The van der Waals surface area contributed by atoms with Crippen molar-refractivity contribution >= 4 is 21.4 Å². The van der Waals surface area contributed by atoms with Gasteiger partial charge in [-0.15, -0.1) is 0 Å². The van der Waals surface area contributed by atoms with Crippen molar-refractivity contribution in [3.63, 3.8) is 0 Å². The number of ether oxygens (including phenoxy) is 2. The summed E-state index contributed by atoms with van der Waals surface area (Å²) >= 11 is 0. The van der Waals surface area contributed by atoms with E-state index in [-0.39, 0.29) is 22.9 Å². The van der Waals surface area contributed by atoms with Gasteiger partial charge in [0.2, 0.25) is 0 Å². The number of anilines is 1. The van der Waals surface area contributed by atoms with Gasteiger partial charge in [0.15, 0.2) is 5.75 Å². The summed E-state index contributed by atoms with van der Waals surface area (Å²) in [5.41, 5.74) is 0.536. The van der Waals surface area contributed by atoms with Crippen molar-refractivity contribution < 1.29 is 22.8 Å². The summed E-state index contributed by atoms with van der Waals surface area (Å²) in [5.74, 6) is 0.412. The number of nitrogens with zero attached hydrogens (tertiary/aromatic N) is 2. The van der Waals surface area contributed by atoms with Crippen LogP contribution in [0.25, 0.3) is 0 Å². The number of aromatic nitrogens is 1. The van der Waals surface area contributed by atoms with Gasteiger partial charge < -0.3 is 9.47 Å². The average Bonchev–Trinajstić information content (AvgIpc) is 2.72. The van der Waals surface area contributed by atoms with Crippen LogP contribution in [0.15, 0.2) is 71.8 Å². The third-order valence-electron chi connectivity index (χ3n) is 3.86. The minimum atomic E-state index is -4.06. The van der Waals surface area contributed by atoms with Gasteiger partial charge in [0.1, 0.15) is 12.4 Å². The molecule has 0 saturated carbocycles. The van der Waals surface area contributed by atoms with Crippen molar-refractivity contribution in [2.24, 2.45) is 0 Å². The summed E-state index contributed by atoms with van der Waals surface area (Å²) in [6.07, 6.45) is 1.65. The van der Waals surface area contributed by atoms with E-state index >= 15 is 0 Å². The SMILES string of the molecule is COc1ccc(S(=O)(=O)Nc2cccc(OCc3ccccn3)c2)cc1[N+](=O)[O-]. The molecule has 0 atom stereocenters. The number of methoxy groups -OCH3 is 1. The number of hydrogen-bond acceptors (Lipinski definition) is 7. The highest BCUT2D eigenvalue weighted by molar-refractivity contribution is 7.92. The van der Waals surface area contributed by atoms with Gasteiger partial charge in [-0.1, -0.05) is 12.1 Å². The molecule has 0 aliphatic heterocycles. The topological polar surface area (TPSA) is 121 Å². The lowest BCUT2D eigenvalue weighted by Gasteiger charge is -2.11. The molecule has 1 aromatic heterocycles. The lowest BCUT2D eigenvalue weighted by molar-refractivity contribution is -0.386. The van der Waals surface area contributed by atoms with Crippen LogP contribution in [-0.4, -0.2) is 25.4 Å². The molecule has 3 aromatic rings. The number of nitrogens with one attached hydrogen (secondary N) is 1. The first-order chi connectivity index (χ1) is 13.9. The molecule has 10 heteroatoms. The third kappa shape index (κ3) is 4.99. The molecular weight excluding hydrogens is 398 g/mol. The van der Waals surface area contributed by atoms with E-state index < -0.39 is 20.6 Å². The van der Waals surface area contributed by atoms with E-state index in [0.717, 1.165) is 11.8 Å². The lowest BCUT2D eigenvalue weighted by atomic mass is 10.3. The zero-order chi connectivity index (χ0) is 20.9. The Bertz CT molecular complexity index is 1120. The van der Waals surface area contributed by atoms with E-state index in [2.05, 4.69) is 9.71 Å². The summed E-state index contributed by atoms with van der Waals surface area (Å²) in [5, 5.41) is 11.1. The zero-order valence-electron chi connectivity index (χ0n) is 15.3. The third-order valence-corrected chi connectivity index (χ3v) is 5.24. The molecule has 0 bridgehead atoms. The number of pyridine rings is 1. The number of nitro benzene ring substituents is 1. The highest BCUT2D eigenvalue weighted by atomic mass is 32.2. The second-order valence-electron chi connectivity index (χ2n) is 5.83. The Hall–Kier alpha value is -3.66. The Balaban J connectivity index is 1.78. The molecule has 3 rings (SSSR count). The Morgan fingerprint density at radius 1 is 1.10 bits per heavy atom. The highest BCUT2D eigenvalue weighted by Gasteiger charge is 2.22. The molecule has 0 amide bonds. The number of nitro groups is 1. The smallest absolute Gasteiger partial charge is 0.312 e.